The second-order valence-electron chi connectivity index (χ2n) is 6.56. The van der Waals surface area contributed by atoms with Gasteiger partial charge in [0.2, 0.25) is 11.8 Å². The molecule has 0 aromatic carbocycles. The molecular weight excluding hydrogens is 330 g/mol. The van der Waals surface area contributed by atoms with E-state index in [4.69, 9.17) is 9.15 Å². The summed E-state index contributed by atoms with van der Waals surface area (Å²) in [7, 11) is 1.73. The number of oxazole rings is 1. The van der Waals surface area contributed by atoms with E-state index in [0.717, 1.165) is 29.9 Å². The topological polar surface area (TPSA) is 84.6 Å². The van der Waals surface area contributed by atoms with Crippen LogP contribution in [-0.2, 0) is 13.1 Å². The number of aryl methyl sites for hydroxylation is 2. The van der Waals surface area contributed by atoms with Crippen molar-refractivity contribution >= 4 is 5.96 Å². The first-order chi connectivity index (χ1) is 12.6. The molecule has 2 heterocycles. The van der Waals surface area contributed by atoms with E-state index in [-0.39, 0.29) is 0 Å². The lowest BCUT2D eigenvalue weighted by molar-refractivity contribution is 0.201. The van der Waals surface area contributed by atoms with E-state index >= 15 is 0 Å². The fourth-order valence-corrected chi connectivity index (χ4v) is 2.94. The molecule has 0 bridgehead atoms. The van der Waals surface area contributed by atoms with Crippen LogP contribution in [0.15, 0.2) is 27.7 Å². The summed E-state index contributed by atoms with van der Waals surface area (Å²) in [5.74, 6) is 2.89. The van der Waals surface area contributed by atoms with Gasteiger partial charge in [0.25, 0.3) is 0 Å². The number of pyridine rings is 1. The minimum atomic E-state index is 0.331. The Balaban J connectivity index is 1.45. The van der Waals surface area contributed by atoms with Crippen LogP contribution in [0.4, 0.5) is 0 Å². The molecule has 2 N–H and O–H groups in total. The van der Waals surface area contributed by atoms with Gasteiger partial charge < -0.3 is 19.8 Å². The van der Waals surface area contributed by atoms with Gasteiger partial charge in [-0.05, 0) is 45.1 Å². The van der Waals surface area contributed by atoms with E-state index in [9.17, 15) is 0 Å². The Kier molecular flexibility index (Phi) is 6.09. The highest BCUT2D eigenvalue weighted by molar-refractivity contribution is 5.79. The van der Waals surface area contributed by atoms with Crippen molar-refractivity contribution in [3.05, 3.63) is 41.2 Å². The van der Waals surface area contributed by atoms with Crippen LogP contribution in [0.1, 0.15) is 48.6 Å². The number of hydrogen-bond donors (Lipinski definition) is 2. The van der Waals surface area contributed by atoms with E-state index < -0.39 is 0 Å². The quantitative estimate of drug-likeness (QED) is 0.611. The van der Waals surface area contributed by atoms with E-state index in [0.29, 0.717) is 36.9 Å². The second kappa shape index (κ2) is 8.69. The molecule has 1 aliphatic rings. The number of nitrogens with zero attached hydrogens (tertiary/aromatic N) is 3. The smallest absolute Gasteiger partial charge is 0.214 e. The summed E-state index contributed by atoms with van der Waals surface area (Å²) in [5, 5.41) is 6.45. The molecule has 2 aromatic rings. The summed E-state index contributed by atoms with van der Waals surface area (Å²) in [4.78, 5) is 13.0. The van der Waals surface area contributed by atoms with Gasteiger partial charge >= 0.3 is 0 Å². The molecule has 2 aromatic heterocycles. The zero-order valence-electron chi connectivity index (χ0n) is 15.7. The summed E-state index contributed by atoms with van der Waals surface area (Å²) in [6.45, 7) is 4.95. The number of nitrogens with one attached hydrogen (secondary N) is 2. The maximum Gasteiger partial charge on any atom is 0.214 e. The Hall–Kier alpha value is -2.57. The monoisotopic (exact) mass is 357 g/mol. The summed E-state index contributed by atoms with van der Waals surface area (Å²) >= 11 is 0. The van der Waals surface area contributed by atoms with Gasteiger partial charge in [0.15, 0.2) is 5.96 Å². The Morgan fingerprint density at radius 3 is 2.62 bits per heavy atom. The van der Waals surface area contributed by atoms with E-state index in [1.54, 1.807) is 7.05 Å². The molecular formula is C19H27N5O2. The van der Waals surface area contributed by atoms with Crippen molar-refractivity contribution in [3.63, 3.8) is 0 Å². The minimum absolute atomic E-state index is 0.331. The van der Waals surface area contributed by atoms with E-state index in [1.807, 2.05) is 32.2 Å². The molecule has 0 amide bonds. The third-order valence-corrected chi connectivity index (χ3v) is 4.55. The zero-order chi connectivity index (χ0) is 18.4. The van der Waals surface area contributed by atoms with Crippen LogP contribution in [-0.4, -0.2) is 29.1 Å². The number of ether oxygens (including phenoxy) is 1. The maximum absolute atomic E-state index is 5.89. The van der Waals surface area contributed by atoms with Crippen molar-refractivity contribution in [2.45, 2.75) is 58.7 Å². The molecule has 1 aliphatic carbocycles. The lowest BCUT2D eigenvalue weighted by Gasteiger charge is -2.13. The summed E-state index contributed by atoms with van der Waals surface area (Å²) in [5.41, 5.74) is 1.98. The van der Waals surface area contributed by atoms with E-state index in [1.165, 1.54) is 12.8 Å². The SMILES string of the molecule is CN=C(NCc1ccc(OC2CCCC2)nc1)NCc1nc(C)c(C)o1. The van der Waals surface area contributed by atoms with Gasteiger partial charge in [-0.1, -0.05) is 6.07 Å². The number of guanidine groups is 1. The number of hydrogen-bond acceptors (Lipinski definition) is 5. The van der Waals surface area contributed by atoms with Crippen LogP contribution in [0.25, 0.3) is 0 Å². The molecule has 0 unspecified atom stereocenters. The zero-order valence-corrected chi connectivity index (χ0v) is 15.7. The molecule has 0 atom stereocenters. The lowest BCUT2D eigenvalue weighted by atomic mass is 10.3. The first-order valence-corrected chi connectivity index (χ1v) is 9.13. The molecule has 0 saturated heterocycles. The highest BCUT2D eigenvalue weighted by atomic mass is 16.5. The van der Waals surface area contributed by atoms with Gasteiger partial charge in [0.1, 0.15) is 11.9 Å². The van der Waals surface area contributed by atoms with Crippen molar-refractivity contribution in [1.29, 1.82) is 0 Å². The van der Waals surface area contributed by atoms with Gasteiger partial charge in [-0.3, -0.25) is 4.99 Å². The van der Waals surface area contributed by atoms with Crippen molar-refractivity contribution < 1.29 is 9.15 Å². The molecule has 26 heavy (non-hydrogen) atoms. The van der Waals surface area contributed by atoms with Gasteiger partial charge in [-0.2, -0.15) is 0 Å². The van der Waals surface area contributed by atoms with Crippen LogP contribution < -0.4 is 15.4 Å². The largest absolute Gasteiger partial charge is 0.474 e. The molecule has 3 rings (SSSR count). The first-order valence-electron chi connectivity index (χ1n) is 9.13. The molecule has 1 fully saturated rings. The standard InChI is InChI=1S/C19H27N5O2/c1-13-14(2)25-18(24-13)12-23-19(20-3)22-11-15-8-9-17(21-10-15)26-16-6-4-5-7-16/h8-10,16H,4-7,11-12H2,1-3H3,(H2,20,22,23). The minimum Gasteiger partial charge on any atom is -0.474 e. The van der Waals surface area contributed by atoms with Gasteiger partial charge in [0, 0.05) is 25.9 Å². The molecule has 140 valence electrons. The predicted molar refractivity (Wildman–Crippen MR) is 100 cm³/mol. The number of aromatic nitrogens is 2. The lowest BCUT2D eigenvalue weighted by Crippen LogP contribution is -2.36. The average molecular weight is 357 g/mol. The Bertz CT molecular complexity index is 713. The van der Waals surface area contributed by atoms with Gasteiger partial charge in [0.05, 0.1) is 12.2 Å². The highest BCUT2D eigenvalue weighted by Crippen LogP contribution is 2.22. The normalized spacial score (nSPS) is 15.3. The first kappa shape index (κ1) is 18.2. The maximum atomic E-state index is 5.89. The van der Waals surface area contributed by atoms with Gasteiger partial charge in [-0.15, -0.1) is 0 Å². The average Bonchev–Trinajstić information content (AvgIpc) is 3.26. The molecule has 0 aliphatic heterocycles. The third kappa shape index (κ3) is 4.97. The van der Waals surface area contributed by atoms with Crippen LogP contribution >= 0.6 is 0 Å². The number of aliphatic imine (C=N–C) groups is 1. The summed E-state index contributed by atoms with van der Waals surface area (Å²) in [6.07, 6.45) is 6.95. The summed E-state index contributed by atoms with van der Waals surface area (Å²) in [6, 6.07) is 3.96. The molecule has 7 nitrogen and oxygen atoms in total. The molecule has 0 radical (unpaired) electrons. The van der Waals surface area contributed by atoms with Crippen LogP contribution in [0.5, 0.6) is 5.88 Å². The molecule has 0 spiro atoms. The Morgan fingerprint density at radius 1 is 1.23 bits per heavy atom. The fraction of sp³-hybridized carbons (Fsp3) is 0.526. The van der Waals surface area contributed by atoms with Crippen LogP contribution in [0.3, 0.4) is 0 Å². The van der Waals surface area contributed by atoms with Crippen molar-refractivity contribution in [2.75, 3.05) is 7.05 Å². The molecule has 1 saturated carbocycles. The Labute approximate surface area is 154 Å². The van der Waals surface area contributed by atoms with E-state index in [2.05, 4.69) is 25.6 Å². The highest BCUT2D eigenvalue weighted by Gasteiger charge is 2.16. The van der Waals surface area contributed by atoms with Crippen molar-refractivity contribution in [3.8, 4) is 5.88 Å². The van der Waals surface area contributed by atoms with Crippen molar-refractivity contribution in [1.82, 2.24) is 20.6 Å². The van der Waals surface area contributed by atoms with Crippen molar-refractivity contribution in [2.24, 2.45) is 4.99 Å². The summed E-state index contributed by atoms with van der Waals surface area (Å²) < 4.78 is 11.5. The van der Waals surface area contributed by atoms with Gasteiger partial charge in [-0.25, -0.2) is 9.97 Å². The number of rotatable bonds is 6. The van der Waals surface area contributed by atoms with Crippen LogP contribution in [0, 0.1) is 13.8 Å². The molecule has 7 heteroatoms. The second-order valence-corrected chi connectivity index (χ2v) is 6.56. The third-order valence-electron chi connectivity index (χ3n) is 4.55. The fourth-order valence-electron chi connectivity index (χ4n) is 2.94. The Morgan fingerprint density at radius 2 is 2.00 bits per heavy atom. The van der Waals surface area contributed by atoms with Crippen LogP contribution in [0.2, 0.25) is 0 Å². The predicted octanol–water partition coefficient (Wildman–Crippen LogP) is 2.87.